The summed E-state index contributed by atoms with van der Waals surface area (Å²) in [6.07, 6.45) is 0. The molecule has 0 spiro atoms. The predicted molar refractivity (Wildman–Crippen MR) is 50.7 cm³/mol. The lowest BCUT2D eigenvalue weighted by Gasteiger charge is -2.08. The molecule has 1 aromatic rings. The Morgan fingerprint density at radius 3 is 2.50 bits per heavy atom. The van der Waals surface area contributed by atoms with Crippen molar-refractivity contribution in [3.63, 3.8) is 0 Å². The van der Waals surface area contributed by atoms with Crippen molar-refractivity contribution in [1.82, 2.24) is 0 Å². The molecule has 1 aromatic carbocycles. The fourth-order valence-corrected chi connectivity index (χ4v) is 1.14. The lowest BCUT2D eigenvalue weighted by molar-refractivity contribution is 0.0600. The summed E-state index contributed by atoms with van der Waals surface area (Å²) in [6.45, 7) is 1.68. The van der Waals surface area contributed by atoms with Gasteiger partial charge in [-0.1, -0.05) is 0 Å². The average Bonchev–Trinajstić information content (AvgIpc) is 2.20. The van der Waals surface area contributed by atoms with Crippen LogP contribution in [-0.2, 0) is 4.74 Å². The summed E-state index contributed by atoms with van der Waals surface area (Å²) in [6, 6.07) is 2.98. The molecular formula is C10H12O4. The zero-order chi connectivity index (χ0) is 10.7. The summed E-state index contributed by atoms with van der Waals surface area (Å²) in [5, 5.41) is 9.50. The molecule has 0 saturated carbocycles. The molecule has 4 nitrogen and oxygen atoms in total. The molecule has 76 valence electrons. The van der Waals surface area contributed by atoms with Crippen LogP contribution in [0.5, 0.6) is 11.5 Å². The number of esters is 1. The minimum Gasteiger partial charge on any atom is -0.504 e. The summed E-state index contributed by atoms with van der Waals surface area (Å²) in [7, 11) is 2.73. The SMILES string of the molecule is COC(=O)c1cc(C)c(O)c(OC)c1. The molecule has 0 heterocycles. The largest absolute Gasteiger partial charge is 0.504 e. The number of ether oxygens (including phenoxy) is 2. The van der Waals surface area contributed by atoms with Crippen LogP contribution >= 0.6 is 0 Å². The van der Waals surface area contributed by atoms with Crippen LogP contribution in [0.1, 0.15) is 15.9 Å². The molecule has 0 unspecified atom stereocenters. The van der Waals surface area contributed by atoms with E-state index in [1.165, 1.54) is 20.3 Å². The van der Waals surface area contributed by atoms with Crippen molar-refractivity contribution in [3.8, 4) is 11.5 Å². The van der Waals surface area contributed by atoms with Crippen molar-refractivity contribution < 1.29 is 19.4 Å². The van der Waals surface area contributed by atoms with E-state index in [9.17, 15) is 9.90 Å². The highest BCUT2D eigenvalue weighted by Crippen LogP contribution is 2.30. The number of phenolic OH excluding ortho intramolecular Hbond substituents is 1. The third-order valence-electron chi connectivity index (χ3n) is 1.91. The zero-order valence-electron chi connectivity index (χ0n) is 8.33. The summed E-state index contributed by atoms with van der Waals surface area (Å²) >= 11 is 0. The molecule has 0 saturated heterocycles. The van der Waals surface area contributed by atoms with E-state index in [1.54, 1.807) is 13.0 Å². The highest BCUT2D eigenvalue weighted by Gasteiger charge is 2.12. The molecule has 0 aromatic heterocycles. The van der Waals surface area contributed by atoms with Gasteiger partial charge in [0, 0.05) is 0 Å². The maximum atomic E-state index is 11.2. The zero-order valence-corrected chi connectivity index (χ0v) is 8.33. The number of carbonyl (C=O) groups excluding carboxylic acids is 1. The molecule has 0 atom stereocenters. The van der Waals surface area contributed by atoms with Crippen LogP contribution in [0.4, 0.5) is 0 Å². The van der Waals surface area contributed by atoms with Crippen LogP contribution in [0.25, 0.3) is 0 Å². The van der Waals surface area contributed by atoms with E-state index in [0.29, 0.717) is 11.1 Å². The number of rotatable bonds is 2. The highest BCUT2D eigenvalue weighted by atomic mass is 16.5. The molecule has 1 N–H and O–H groups in total. The maximum absolute atomic E-state index is 11.2. The number of methoxy groups -OCH3 is 2. The molecule has 4 heteroatoms. The third-order valence-corrected chi connectivity index (χ3v) is 1.91. The normalized spacial score (nSPS) is 9.64. The Kier molecular flexibility index (Phi) is 2.96. The van der Waals surface area contributed by atoms with Crippen molar-refractivity contribution >= 4 is 5.97 Å². The summed E-state index contributed by atoms with van der Waals surface area (Å²) in [4.78, 5) is 11.2. The first-order valence-corrected chi connectivity index (χ1v) is 4.06. The van der Waals surface area contributed by atoms with Crippen LogP contribution in [0.2, 0.25) is 0 Å². The highest BCUT2D eigenvalue weighted by molar-refractivity contribution is 5.90. The number of benzene rings is 1. The van der Waals surface area contributed by atoms with E-state index in [0.717, 1.165) is 0 Å². The van der Waals surface area contributed by atoms with Gasteiger partial charge in [0.25, 0.3) is 0 Å². The first-order chi connectivity index (χ1) is 6.60. The molecule has 0 fully saturated rings. The van der Waals surface area contributed by atoms with Crippen LogP contribution < -0.4 is 4.74 Å². The van der Waals surface area contributed by atoms with E-state index in [4.69, 9.17) is 4.74 Å². The summed E-state index contributed by atoms with van der Waals surface area (Å²) in [5.74, 6) is -0.142. The van der Waals surface area contributed by atoms with Crippen molar-refractivity contribution in [2.24, 2.45) is 0 Å². The molecule has 0 aliphatic rings. The lowest BCUT2D eigenvalue weighted by Crippen LogP contribution is -2.02. The lowest BCUT2D eigenvalue weighted by atomic mass is 10.1. The van der Waals surface area contributed by atoms with Crippen LogP contribution in [0.15, 0.2) is 12.1 Å². The molecule has 0 radical (unpaired) electrons. The number of carbonyl (C=O) groups is 1. The van der Waals surface area contributed by atoms with Gasteiger partial charge in [0.15, 0.2) is 11.5 Å². The van der Waals surface area contributed by atoms with Crippen molar-refractivity contribution in [1.29, 1.82) is 0 Å². The second kappa shape index (κ2) is 4.00. The van der Waals surface area contributed by atoms with Crippen LogP contribution in [0, 0.1) is 6.92 Å². The smallest absolute Gasteiger partial charge is 0.337 e. The minimum atomic E-state index is -0.452. The fourth-order valence-electron chi connectivity index (χ4n) is 1.14. The number of phenols is 1. The van der Waals surface area contributed by atoms with Gasteiger partial charge in [-0.05, 0) is 24.6 Å². The monoisotopic (exact) mass is 196 g/mol. The first-order valence-electron chi connectivity index (χ1n) is 4.06. The molecule has 14 heavy (non-hydrogen) atoms. The first kappa shape index (κ1) is 10.4. The van der Waals surface area contributed by atoms with E-state index in [2.05, 4.69) is 4.74 Å². The number of hydrogen-bond acceptors (Lipinski definition) is 4. The van der Waals surface area contributed by atoms with E-state index < -0.39 is 5.97 Å². The molecule has 0 bridgehead atoms. The van der Waals surface area contributed by atoms with Crippen molar-refractivity contribution in [2.45, 2.75) is 6.92 Å². The Bertz CT molecular complexity index is 357. The molecule has 0 aliphatic carbocycles. The van der Waals surface area contributed by atoms with Crippen molar-refractivity contribution in [2.75, 3.05) is 14.2 Å². The Morgan fingerprint density at radius 2 is 2.00 bits per heavy atom. The summed E-state index contributed by atoms with van der Waals surface area (Å²) < 4.78 is 9.46. The Hall–Kier alpha value is -1.71. The third kappa shape index (κ3) is 1.79. The van der Waals surface area contributed by atoms with Gasteiger partial charge in [-0.25, -0.2) is 4.79 Å². The van der Waals surface area contributed by atoms with Crippen molar-refractivity contribution in [3.05, 3.63) is 23.3 Å². The van der Waals surface area contributed by atoms with Gasteiger partial charge in [0.2, 0.25) is 0 Å². The molecule has 0 amide bonds. The number of aromatic hydroxyl groups is 1. The topological polar surface area (TPSA) is 55.8 Å². The molecule has 1 rings (SSSR count). The Morgan fingerprint density at radius 1 is 1.36 bits per heavy atom. The van der Waals surface area contributed by atoms with Gasteiger partial charge >= 0.3 is 5.97 Å². The summed E-state index contributed by atoms with van der Waals surface area (Å²) in [5.41, 5.74) is 0.935. The van der Waals surface area contributed by atoms with E-state index >= 15 is 0 Å². The van der Waals surface area contributed by atoms with Gasteiger partial charge in [0.05, 0.1) is 19.8 Å². The quantitative estimate of drug-likeness (QED) is 0.728. The molecular weight excluding hydrogens is 184 g/mol. The predicted octanol–water partition coefficient (Wildman–Crippen LogP) is 1.50. The van der Waals surface area contributed by atoms with Gasteiger partial charge in [0.1, 0.15) is 0 Å². The Balaban J connectivity index is 3.22. The van der Waals surface area contributed by atoms with Gasteiger partial charge in [-0.15, -0.1) is 0 Å². The van der Waals surface area contributed by atoms with E-state index in [1.807, 2.05) is 0 Å². The van der Waals surface area contributed by atoms with Gasteiger partial charge < -0.3 is 14.6 Å². The standard InChI is InChI=1S/C10H12O4/c1-6-4-7(10(12)14-3)5-8(13-2)9(6)11/h4-5,11H,1-3H3. The maximum Gasteiger partial charge on any atom is 0.337 e. The van der Waals surface area contributed by atoms with Gasteiger partial charge in [-0.3, -0.25) is 0 Å². The van der Waals surface area contributed by atoms with E-state index in [-0.39, 0.29) is 11.5 Å². The Labute approximate surface area is 82.1 Å². The number of hydrogen-bond donors (Lipinski definition) is 1. The fraction of sp³-hybridized carbons (Fsp3) is 0.300. The minimum absolute atomic E-state index is 0.0418. The van der Waals surface area contributed by atoms with Crippen LogP contribution in [-0.4, -0.2) is 25.3 Å². The van der Waals surface area contributed by atoms with Gasteiger partial charge in [-0.2, -0.15) is 0 Å². The second-order valence-corrected chi connectivity index (χ2v) is 2.84. The van der Waals surface area contributed by atoms with Crippen LogP contribution in [0.3, 0.4) is 0 Å². The average molecular weight is 196 g/mol. The molecule has 0 aliphatic heterocycles. The number of aryl methyl sites for hydroxylation is 1. The second-order valence-electron chi connectivity index (χ2n) is 2.84.